The molecule has 0 fully saturated rings. The van der Waals surface area contributed by atoms with E-state index >= 15 is 0 Å². The average molecular weight is 439 g/mol. The number of fused-ring (bicyclic) bond motifs is 1. The number of nitrogens with two attached hydrogens (primary N) is 1. The standard InChI is InChI=1S/C23H22N2O5S/c1-16-2-8-19(9-3-16)25(15-17-4-6-18(7-5-17)23(24)26)31(27,28)20-10-11-21-22(14-20)30-13-12-29-21/h2-11,14H,12-13,15H2,1H3,(H2,24,26). The molecule has 0 aromatic heterocycles. The Morgan fingerprint density at radius 3 is 2.23 bits per heavy atom. The van der Waals surface area contributed by atoms with Crippen LogP contribution < -0.4 is 19.5 Å². The van der Waals surface area contributed by atoms with E-state index < -0.39 is 15.9 Å². The summed E-state index contributed by atoms with van der Waals surface area (Å²) in [4.78, 5) is 11.4. The number of aryl methyl sites for hydroxylation is 1. The molecular weight excluding hydrogens is 416 g/mol. The zero-order valence-corrected chi connectivity index (χ0v) is 17.8. The Hall–Kier alpha value is -3.52. The highest BCUT2D eigenvalue weighted by Gasteiger charge is 2.27. The number of primary amides is 1. The van der Waals surface area contributed by atoms with Gasteiger partial charge in [0.05, 0.1) is 17.1 Å². The molecule has 0 unspecified atom stereocenters. The number of hydrogen-bond acceptors (Lipinski definition) is 5. The van der Waals surface area contributed by atoms with Gasteiger partial charge < -0.3 is 15.2 Å². The first-order chi connectivity index (χ1) is 14.8. The Morgan fingerprint density at radius 2 is 1.58 bits per heavy atom. The molecule has 0 atom stereocenters. The van der Waals surface area contributed by atoms with Crippen LogP contribution in [0.5, 0.6) is 11.5 Å². The predicted octanol–water partition coefficient (Wildman–Crippen LogP) is 3.26. The van der Waals surface area contributed by atoms with Crippen molar-refractivity contribution in [2.45, 2.75) is 18.4 Å². The Labute approximate surface area is 181 Å². The smallest absolute Gasteiger partial charge is 0.264 e. The third-order valence-electron chi connectivity index (χ3n) is 4.99. The number of rotatable bonds is 6. The first-order valence-corrected chi connectivity index (χ1v) is 11.2. The normalized spacial score (nSPS) is 12.9. The monoisotopic (exact) mass is 438 g/mol. The first kappa shape index (κ1) is 20.7. The molecule has 0 bridgehead atoms. The molecule has 1 heterocycles. The van der Waals surface area contributed by atoms with Crippen molar-refractivity contribution in [3.05, 3.63) is 83.4 Å². The van der Waals surface area contributed by atoms with E-state index in [-0.39, 0.29) is 11.4 Å². The molecule has 2 N–H and O–H groups in total. The summed E-state index contributed by atoms with van der Waals surface area (Å²) in [5.41, 5.74) is 7.93. The van der Waals surface area contributed by atoms with Crippen molar-refractivity contribution in [1.82, 2.24) is 0 Å². The number of hydrogen-bond donors (Lipinski definition) is 1. The summed E-state index contributed by atoms with van der Waals surface area (Å²) in [7, 11) is -3.92. The highest BCUT2D eigenvalue weighted by Crippen LogP contribution is 2.34. The molecule has 3 aromatic carbocycles. The Balaban J connectivity index is 1.74. The van der Waals surface area contributed by atoms with Gasteiger partial charge in [-0.2, -0.15) is 0 Å². The fourth-order valence-corrected chi connectivity index (χ4v) is 4.75. The van der Waals surface area contributed by atoms with Crippen molar-refractivity contribution in [1.29, 1.82) is 0 Å². The van der Waals surface area contributed by atoms with E-state index in [1.165, 1.54) is 16.4 Å². The Morgan fingerprint density at radius 1 is 0.935 bits per heavy atom. The average Bonchev–Trinajstić information content (AvgIpc) is 2.78. The van der Waals surface area contributed by atoms with Gasteiger partial charge in [0.25, 0.3) is 10.0 Å². The number of sulfonamides is 1. The minimum absolute atomic E-state index is 0.0822. The van der Waals surface area contributed by atoms with E-state index in [0.717, 1.165) is 5.56 Å². The quantitative estimate of drug-likeness (QED) is 0.637. The van der Waals surface area contributed by atoms with Crippen LogP contribution in [0.3, 0.4) is 0 Å². The number of amides is 1. The van der Waals surface area contributed by atoms with Crippen LogP contribution in [0.1, 0.15) is 21.5 Å². The van der Waals surface area contributed by atoms with Crippen LogP contribution in [0.4, 0.5) is 5.69 Å². The highest BCUT2D eigenvalue weighted by atomic mass is 32.2. The van der Waals surface area contributed by atoms with Gasteiger partial charge >= 0.3 is 0 Å². The molecule has 1 aliphatic heterocycles. The van der Waals surface area contributed by atoms with E-state index in [1.807, 2.05) is 19.1 Å². The van der Waals surface area contributed by atoms with Crippen molar-refractivity contribution in [2.75, 3.05) is 17.5 Å². The molecule has 1 aliphatic rings. The van der Waals surface area contributed by atoms with E-state index in [4.69, 9.17) is 15.2 Å². The third-order valence-corrected chi connectivity index (χ3v) is 6.76. The Kier molecular flexibility index (Phi) is 5.56. The summed E-state index contributed by atoms with van der Waals surface area (Å²) in [5.74, 6) is 0.391. The van der Waals surface area contributed by atoms with E-state index in [9.17, 15) is 13.2 Å². The summed E-state index contributed by atoms with van der Waals surface area (Å²) in [6, 6.07) is 18.4. The van der Waals surface area contributed by atoms with Gasteiger partial charge in [-0.05, 0) is 48.9 Å². The van der Waals surface area contributed by atoms with Crippen LogP contribution in [-0.4, -0.2) is 27.5 Å². The lowest BCUT2D eigenvalue weighted by Crippen LogP contribution is -2.30. The van der Waals surface area contributed by atoms with Crippen LogP contribution in [-0.2, 0) is 16.6 Å². The minimum Gasteiger partial charge on any atom is -0.486 e. The molecular formula is C23H22N2O5S. The van der Waals surface area contributed by atoms with Gasteiger partial charge in [-0.3, -0.25) is 9.10 Å². The number of anilines is 1. The molecule has 3 aromatic rings. The lowest BCUT2D eigenvalue weighted by Gasteiger charge is -2.26. The number of carbonyl (C=O) groups is 1. The molecule has 0 saturated heterocycles. The van der Waals surface area contributed by atoms with Crippen molar-refractivity contribution in [2.24, 2.45) is 5.73 Å². The second-order valence-corrected chi connectivity index (χ2v) is 9.08. The largest absolute Gasteiger partial charge is 0.486 e. The summed E-state index contributed by atoms with van der Waals surface area (Å²) in [5, 5.41) is 0. The van der Waals surface area contributed by atoms with Gasteiger partial charge in [0.15, 0.2) is 11.5 Å². The van der Waals surface area contributed by atoms with Crippen molar-refractivity contribution < 1.29 is 22.7 Å². The third kappa shape index (κ3) is 4.34. The fourth-order valence-electron chi connectivity index (χ4n) is 3.28. The molecule has 8 heteroatoms. The molecule has 160 valence electrons. The lowest BCUT2D eigenvalue weighted by atomic mass is 10.1. The zero-order chi connectivity index (χ0) is 22.0. The van der Waals surface area contributed by atoms with Gasteiger partial charge in [0, 0.05) is 11.6 Å². The minimum atomic E-state index is -3.92. The van der Waals surface area contributed by atoms with E-state index in [0.29, 0.717) is 41.5 Å². The van der Waals surface area contributed by atoms with Gasteiger partial charge in [-0.1, -0.05) is 29.8 Å². The fraction of sp³-hybridized carbons (Fsp3) is 0.174. The predicted molar refractivity (Wildman–Crippen MR) is 117 cm³/mol. The van der Waals surface area contributed by atoms with Crippen LogP contribution in [0.15, 0.2) is 71.6 Å². The first-order valence-electron chi connectivity index (χ1n) is 9.72. The van der Waals surface area contributed by atoms with Crippen molar-refractivity contribution in [3.8, 4) is 11.5 Å². The second-order valence-electron chi connectivity index (χ2n) is 7.21. The molecule has 0 saturated carbocycles. The van der Waals surface area contributed by atoms with Crippen LogP contribution >= 0.6 is 0 Å². The number of nitrogens with zero attached hydrogens (tertiary/aromatic N) is 1. The molecule has 7 nitrogen and oxygen atoms in total. The van der Waals surface area contributed by atoms with Crippen molar-refractivity contribution in [3.63, 3.8) is 0 Å². The van der Waals surface area contributed by atoms with E-state index in [1.54, 1.807) is 42.5 Å². The van der Waals surface area contributed by atoms with Gasteiger partial charge in [0.1, 0.15) is 13.2 Å². The van der Waals surface area contributed by atoms with Gasteiger partial charge in [-0.15, -0.1) is 0 Å². The molecule has 31 heavy (non-hydrogen) atoms. The Bertz CT molecular complexity index is 1210. The summed E-state index contributed by atoms with van der Waals surface area (Å²) in [6.45, 7) is 2.81. The van der Waals surface area contributed by atoms with Gasteiger partial charge in [0.2, 0.25) is 5.91 Å². The van der Waals surface area contributed by atoms with E-state index in [2.05, 4.69) is 0 Å². The maximum atomic E-state index is 13.6. The van der Waals surface area contributed by atoms with Gasteiger partial charge in [-0.25, -0.2) is 8.42 Å². The SMILES string of the molecule is Cc1ccc(N(Cc2ccc(C(N)=O)cc2)S(=O)(=O)c2ccc3c(c2)OCCO3)cc1. The summed E-state index contributed by atoms with van der Waals surface area (Å²) >= 11 is 0. The summed E-state index contributed by atoms with van der Waals surface area (Å²) < 4.78 is 39.7. The number of ether oxygens (including phenoxy) is 2. The van der Waals surface area contributed by atoms with Crippen molar-refractivity contribution >= 4 is 21.6 Å². The van der Waals surface area contributed by atoms with Crippen LogP contribution in [0.2, 0.25) is 0 Å². The number of benzene rings is 3. The zero-order valence-electron chi connectivity index (χ0n) is 16.9. The molecule has 0 spiro atoms. The molecule has 4 rings (SSSR count). The topological polar surface area (TPSA) is 98.9 Å². The maximum Gasteiger partial charge on any atom is 0.264 e. The molecule has 0 radical (unpaired) electrons. The summed E-state index contributed by atoms with van der Waals surface area (Å²) in [6.07, 6.45) is 0. The lowest BCUT2D eigenvalue weighted by molar-refractivity contribution is 0.1000. The molecule has 1 amide bonds. The van der Waals surface area contributed by atoms with Crippen LogP contribution in [0.25, 0.3) is 0 Å². The highest BCUT2D eigenvalue weighted by molar-refractivity contribution is 7.92. The maximum absolute atomic E-state index is 13.6. The number of carbonyl (C=O) groups excluding carboxylic acids is 1. The second kappa shape index (κ2) is 8.31. The van der Waals surface area contributed by atoms with Crippen LogP contribution in [0, 0.1) is 6.92 Å². The molecule has 0 aliphatic carbocycles.